The molecule has 4 rings (SSSR count). The van der Waals surface area contributed by atoms with Gasteiger partial charge in [-0.05, 0) is 24.8 Å². The summed E-state index contributed by atoms with van der Waals surface area (Å²) < 4.78 is 26.2. The number of aromatic nitrogens is 3. The number of aliphatic hydroxyl groups is 2. The molecule has 1 aromatic carbocycles. The van der Waals surface area contributed by atoms with Crippen molar-refractivity contribution in [1.29, 1.82) is 0 Å². The molecule has 0 unspecified atom stereocenters. The first-order chi connectivity index (χ1) is 13.5. The molecule has 146 valence electrons. The third-order valence-electron chi connectivity index (χ3n) is 4.79. The van der Waals surface area contributed by atoms with E-state index in [1.165, 1.54) is 12.4 Å². The molecule has 28 heavy (non-hydrogen) atoms. The summed E-state index contributed by atoms with van der Waals surface area (Å²) in [5.74, 6) is 0.162. The summed E-state index contributed by atoms with van der Waals surface area (Å²) in [5, 5.41) is 18.2. The van der Waals surface area contributed by atoms with Crippen molar-refractivity contribution in [2.24, 2.45) is 0 Å². The molecule has 0 aliphatic heterocycles. The molecule has 3 aromatic rings. The van der Waals surface area contributed by atoms with Gasteiger partial charge in [-0.3, -0.25) is 4.98 Å². The van der Waals surface area contributed by atoms with Gasteiger partial charge >= 0.3 is 0 Å². The van der Waals surface area contributed by atoms with Gasteiger partial charge in [0, 0.05) is 11.1 Å². The Bertz CT molecular complexity index is 971. The fourth-order valence-corrected chi connectivity index (χ4v) is 3.08. The molecule has 2 heterocycles. The third-order valence-corrected chi connectivity index (χ3v) is 4.79. The van der Waals surface area contributed by atoms with Gasteiger partial charge in [-0.1, -0.05) is 12.5 Å². The molecule has 8 nitrogen and oxygen atoms in total. The monoisotopic (exact) mass is 386 g/mol. The fourth-order valence-electron chi connectivity index (χ4n) is 3.08. The van der Waals surface area contributed by atoms with Crippen molar-refractivity contribution in [3.8, 4) is 17.0 Å². The Kier molecular flexibility index (Phi) is 4.93. The first-order valence-corrected chi connectivity index (χ1v) is 8.86. The summed E-state index contributed by atoms with van der Waals surface area (Å²) >= 11 is 0. The molecule has 9 heteroatoms. The number of nitrogens with two attached hydrogens (primary N) is 1. The van der Waals surface area contributed by atoms with Crippen molar-refractivity contribution in [3.63, 3.8) is 0 Å². The number of aliphatic hydroxyl groups excluding tert-OH is 1. The van der Waals surface area contributed by atoms with Gasteiger partial charge in [0.1, 0.15) is 17.8 Å². The predicted octanol–water partition coefficient (Wildman–Crippen LogP) is 2.68. The van der Waals surface area contributed by atoms with E-state index in [9.17, 15) is 0 Å². The molecule has 0 amide bonds. The molecule has 2 aromatic heterocycles. The van der Waals surface area contributed by atoms with Crippen LogP contribution in [0.25, 0.3) is 11.3 Å². The van der Waals surface area contributed by atoms with Crippen LogP contribution in [-0.4, -0.2) is 25.2 Å². The average molecular weight is 386 g/mol. The summed E-state index contributed by atoms with van der Waals surface area (Å²) in [6.45, 7) is -0.153. The summed E-state index contributed by atoms with van der Waals surface area (Å²) in [6.07, 6.45) is 5.18. The van der Waals surface area contributed by atoms with Crippen molar-refractivity contribution in [1.82, 2.24) is 15.0 Å². The Balaban J connectivity index is 1.65. The lowest BCUT2D eigenvalue weighted by Gasteiger charge is -2.28. The minimum Gasteiger partial charge on any atom is -0.480 e. The molecular weight excluding hydrogens is 367 g/mol. The number of hydrogen-bond donors (Lipinski definition) is 3. The number of nitrogens with zero attached hydrogens (tertiary/aromatic N) is 3. The lowest BCUT2D eigenvalue weighted by atomic mass is 9.79. The van der Waals surface area contributed by atoms with E-state index >= 15 is 4.39 Å². The van der Waals surface area contributed by atoms with E-state index in [0.717, 1.165) is 31.1 Å². The molecule has 1 fully saturated rings. The van der Waals surface area contributed by atoms with Crippen LogP contribution >= 0.6 is 0 Å². The minimum atomic E-state index is -1.74. The van der Waals surface area contributed by atoms with Crippen molar-refractivity contribution in [2.75, 3.05) is 5.73 Å². The molecule has 0 spiro atoms. The Morgan fingerprint density at radius 1 is 1.25 bits per heavy atom. The van der Waals surface area contributed by atoms with Crippen LogP contribution in [0.15, 0.2) is 35.2 Å². The second-order valence-corrected chi connectivity index (χ2v) is 6.63. The van der Waals surface area contributed by atoms with Crippen LogP contribution in [0.3, 0.4) is 0 Å². The van der Waals surface area contributed by atoms with Gasteiger partial charge in [-0.25, -0.2) is 14.4 Å². The zero-order valence-corrected chi connectivity index (χ0v) is 14.9. The average Bonchev–Trinajstić information content (AvgIpc) is 3.10. The van der Waals surface area contributed by atoms with E-state index in [-0.39, 0.29) is 41.2 Å². The van der Waals surface area contributed by atoms with Crippen molar-refractivity contribution < 1.29 is 23.8 Å². The van der Waals surface area contributed by atoms with Gasteiger partial charge in [0.05, 0.1) is 18.1 Å². The van der Waals surface area contributed by atoms with Crippen LogP contribution in [0.5, 0.6) is 5.75 Å². The highest BCUT2D eigenvalue weighted by molar-refractivity contribution is 5.64. The van der Waals surface area contributed by atoms with E-state index < -0.39 is 12.1 Å². The third kappa shape index (κ3) is 3.54. The number of rotatable bonds is 6. The van der Waals surface area contributed by atoms with E-state index in [1.807, 2.05) is 6.07 Å². The maximum Gasteiger partial charge on any atom is 0.232 e. The van der Waals surface area contributed by atoms with Crippen LogP contribution in [-0.2, 0) is 6.61 Å². The zero-order chi connectivity index (χ0) is 19.7. The number of benzene rings is 1. The number of halogens is 1. The summed E-state index contributed by atoms with van der Waals surface area (Å²) in [4.78, 5) is 12.0. The van der Waals surface area contributed by atoms with Crippen LogP contribution < -0.4 is 10.5 Å². The van der Waals surface area contributed by atoms with E-state index in [0.29, 0.717) is 5.69 Å². The molecule has 4 N–H and O–H groups in total. The van der Waals surface area contributed by atoms with E-state index in [1.54, 1.807) is 6.07 Å². The van der Waals surface area contributed by atoms with E-state index in [2.05, 4.69) is 15.0 Å². The van der Waals surface area contributed by atoms with Crippen molar-refractivity contribution in [2.45, 2.75) is 38.1 Å². The largest absolute Gasteiger partial charge is 0.480 e. The van der Waals surface area contributed by atoms with Crippen LogP contribution in [0.1, 0.15) is 48.6 Å². The molecule has 1 aliphatic carbocycles. The summed E-state index contributed by atoms with van der Waals surface area (Å²) in [5.41, 5.74) is 6.90. The number of oxazole rings is 1. The van der Waals surface area contributed by atoms with Crippen LogP contribution in [0.4, 0.5) is 10.2 Å². The molecule has 1 saturated carbocycles. The highest BCUT2D eigenvalue weighted by Crippen LogP contribution is 2.44. The zero-order valence-electron chi connectivity index (χ0n) is 14.9. The predicted molar refractivity (Wildman–Crippen MR) is 96.4 cm³/mol. The lowest BCUT2D eigenvalue weighted by molar-refractivity contribution is -0.0459. The number of hydrogen-bond acceptors (Lipinski definition) is 8. The molecule has 0 atom stereocenters. The quantitative estimate of drug-likeness (QED) is 0.552. The Hall–Kier alpha value is -3.04. The van der Waals surface area contributed by atoms with Crippen molar-refractivity contribution >= 4 is 5.82 Å². The minimum absolute atomic E-state index is 0.0378. The lowest BCUT2D eigenvalue weighted by Crippen LogP contribution is -2.12. The fraction of sp³-hybridized carbons (Fsp3) is 0.316. The van der Waals surface area contributed by atoms with Gasteiger partial charge in [0.25, 0.3) is 0 Å². The second-order valence-electron chi connectivity index (χ2n) is 6.63. The van der Waals surface area contributed by atoms with Crippen LogP contribution in [0, 0.1) is 5.82 Å². The summed E-state index contributed by atoms with van der Waals surface area (Å²) in [6, 6.07) is 3.51. The van der Waals surface area contributed by atoms with E-state index in [4.69, 9.17) is 25.1 Å². The SMILES string of the molecule is Nc1cnc(-c2ccc(C3CCC3)c(OCc3nc(C(O)O)co3)c2F)cn1. The number of nitrogen functional groups attached to an aromatic ring is 1. The standard InChI is InChI=1S/C19H19FN4O4/c20-17-12(13-6-23-15(21)7-22-13)5-4-11(10-2-1-3-10)18(17)28-9-16-24-14(8-27-16)19(25)26/h4-8,10,19,25-26H,1-3,9H2,(H2,21,23). The van der Waals surface area contributed by atoms with Gasteiger partial charge in [0.15, 0.2) is 24.5 Å². The van der Waals surface area contributed by atoms with Gasteiger partial charge < -0.3 is 25.1 Å². The Morgan fingerprint density at radius 2 is 2.07 bits per heavy atom. The van der Waals surface area contributed by atoms with Gasteiger partial charge in [0.2, 0.25) is 5.89 Å². The Labute approximate surface area is 159 Å². The number of anilines is 1. The van der Waals surface area contributed by atoms with Gasteiger partial charge in [-0.15, -0.1) is 0 Å². The molecule has 0 saturated heterocycles. The maximum absolute atomic E-state index is 15.3. The van der Waals surface area contributed by atoms with Gasteiger partial charge in [-0.2, -0.15) is 0 Å². The topological polar surface area (TPSA) is 128 Å². The van der Waals surface area contributed by atoms with Crippen molar-refractivity contribution in [3.05, 3.63) is 53.8 Å². The second kappa shape index (κ2) is 7.53. The maximum atomic E-state index is 15.3. The molecule has 0 bridgehead atoms. The molecular formula is C19H19FN4O4. The number of ether oxygens (including phenoxy) is 1. The molecule has 1 aliphatic rings. The first-order valence-electron chi connectivity index (χ1n) is 8.86. The van der Waals surface area contributed by atoms with Crippen LogP contribution in [0.2, 0.25) is 0 Å². The normalized spacial score (nSPS) is 14.3. The summed E-state index contributed by atoms with van der Waals surface area (Å²) in [7, 11) is 0. The highest BCUT2D eigenvalue weighted by atomic mass is 19.1. The first kappa shape index (κ1) is 18.3. The smallest absolute Gasteiger partial charge is 0.232 e. The Morgan fingerprint density at radius 3 is 2.68 bits per heavy atom. The molecule has 0 radical (unpaired) electrons. The highest BCUT2D eigenvalue weighted by Gasteiger charge is 2.27.